The van der Waals surface area contributed by atoms with Crippen LogP contribution in [0.1, 0.15) is 39.5 Å². The molecule has 1 saturated heterocycles. The minimum absolute atomic E-state index is 0.119. The van der Waals surface area contributed by atoms with Crippen LogP contribution in [-0.4, -0.2) is 43.8 Å². The Morgan fingerprint density at radius 1 is 1.38 bits per heavy atom. The summed E-state index contributed by atoms with van der Waals surface area (Å²) in [7, 11) is 1.82. The van der Waals surface area contributed by atoms with E-state index in [0.29, 0.717) is 30.5 Å². The summed E-state index contributed by atoms with van der Waals surface area (Å²) in [4.78, 5) is 14.1. The van der Waals surface area contributed by atoms with Gasteiger partial charge in [0, 0.05) is 20.2 Å². The highest BCUT2D eigenvalue weighted by Gasteiger charge is 2.17. The van der Waals surface area contributed by atoms with Crippen LogP contribution in [0.3, 0.4) is 0 Å². The molecule has 1 heterocycles. The molecule has 1 aliphatic rings. The number of ether oxygens (including phenoxy) is 2. The maximum absolute atomic E-state index is 12.4. The van der Waals surface area contributed by atoms with E-state index in [4.69, 9.17) is 9.47 Å². The maximum Gasteiger partial charge on any atom is 0.321 e. The highest BCUT2D eigenvalue weighted by Crippen LogP contribution is 2.24. The van der Waals surface area contributed by atoms with Gasteiger partial charge in [0.2, 0.25) is 0 Å². The minimum Gasteiger partial charge on any atom is -0.491 e. The van der Waals surface area contributed by atoms with Crippen molar-refractivity contribution in [3.8, 4) is 5.75 Å². The lowest BCUT2D eigenvalue weighted by atomic mass is 10.1. The number of hydrogen-bond acceptors (Lipinski definition) is 3. The van der Waals surface area contributed by atoms with Gasteiger partial charge in [-0.05, 0) is 43.7 Å². The van der Waals surface area contributed by atoms with Crippen molar-refractivity contribution in [3.05, 3.63) is 24.3 Å². The highest BCUT2D eigenvalue weighted by molar-refractivity contribution is 5.90. The van der Waals surface area contributed by atoms with E-state index >= 15 is 0 Å². The van der Waals surface area contributed by atoms with Gasteiger partial charge in [-0.15, -0.1) is 0 Å². The third-order valence-corrected chi connectivity index (χ3v) is 4.11. The van der Waals surface area contributed by atoms with Crippen LogP contribution in [0.5, 0.6) is 5.75 Å². The largest absolute Gasteiger partial charge is 0.491 e. The van der Waals surface area contributed by atoms with Crippen LogP contribution in [0.2, 0.25) is 0 Å². The molecule has 0 radical (unpaired) electrons. The fraction of sp³-hybridized carbons (Fsp3) is 0.632. The van der Waals surface area contributed by atoms with E-state index in [-0.39, 0.29) is 12.1 Å². The standard InChI is InChI=1S/C19H30N2O3/c1-15(2)14-24-18-10-5-4-9-17(18)20-19(22)21(3)12-11-16-8-6-7-13-23-16/h4-5,9-10,15-16H,6-8,11-14H2,1-3H3,(H,20,22)/t16-/m0/s1. The van der Waals surface area contributed by atoms with Crippen molar-refractivity contribution in [1.29, 1.82) is 0 Å². The van der Waals surface area contributed by atoms with Gasteiger partial charge in [0.15, 0.2) is 0 Å². The summed E-state index contributed by atoms with van der Waals surface area (Å²) >= 11 is 0. The Morgan fingerprint density at radius 2 is 2.17 bits per heavy atom. The number of hydrogen-bond donors (Lipinski definition) is 1. The van der Waals surface area contributed by atoms with Crippen LogP contribution >= 0.6 is 0 Å². The first-order valence-corrected chi connectivity index (χ1v) is 8.92. The monoisotopic (exact) mass is 334 g/mol. The molecule has 2 amide bonds. The lowest BCUT2D eigenvalue weighted by Crippen LogP contribution is -2.34. The molecule has 5 heteroatoms. The molecule has 0 saturated carbocycles. The van der Waals surface area contributed by atoms with Gasteiger partial charge < -0.3 is 19.7 Å². The van der Waals surface area contributed by atoms with Crippen LogP contribution in [0.25, 0.3) is 0 Å². The van der Waals surface area contributed by atoms with E-state index in [0.717, 1.165) is 25.9 Å². The Bertz CT molecular complexity index is 513. The molecule has 1 atom stereocenters. The van der Waals surface area contributed by atoms with E-state index in [2.05, 4.69) is 19.2 Å². The number of carbonyl (C=O) groups is 1. The second kappa shape index (κ2) is 9.52. The van der Waals surface area contributed by atoms with Gasteiger partial charge in [-0.25, -0.2) is 4.79 Å². The van der Waals surface area contributed by atoms with E-state index in [1.54, 1.807) is 4.90 Å². The number of carbonyl (C=O) groups excluding carboxylic acids is 1. The predicted molar refractivity (Wildman–Crippen MR) is 96.6 cm³/mol. The van der Waals surface area contributed by atoms with Gasteiger partial charge in [-0.2, -0.15) is 0 Å². The highest BCUT2D eigenvalue weighted by atomic mass is 16.5. The van der Waals surface area contributed by atoms with Crippen LogP contribution < -0.4 is 10.1 Å². The number of para-hydroxylation sites is 2. The lowest BCUT2D eigenvalue weighted by molar-refractivity contribution is 0.00848. The number of urea groups is 1. The molecule has 1 aromatic rings. The molecule has 1 N–H and O–H groups in total. The zero-order chi connectivity index (χ0) is 17.4. The van der Waals surface area contributed by atoms with Gasteiger partial charge >= 0.3 is 6.03 Å². The summed E-state index contributed by atoms with van der Waals surface area (Å²) in [6, 6.07) is 7.44. The van der Waals surface area contributed by atoms with Crippen LogP contribution in [0, 0.1) is 5.92 Å². The molecular weight excluding hydrogens is 304 g/mol. The third-order valence-electron chi connectivity index (χ3n) is 4.11. The SMILES string of the molecule is CC(C)COc1ccccc1NC(=O)N(C)CC[C@@H]1CCCCO1. The molecule has 5 nitrogen and oxygen atoms in total. The zero-order valence-corrected chi connectivity index (χ0v) is 15.1. The van der Waals surface area contributed by atoms with Crippen molar-refractivity contribution in [3.63, 3.8) is 0 Å². The van der Waals surface area contributed by atoms with Crippen LogP contribution in [0.4, 0.5) is 10.5 Å². The Balaban J connectivity index is 1.84. The predicted octanol–water partition coefficient (Wildman–Crippen LogP) is 4.14. The van der Waals surface area contributed by atoms with E-state index < -0.39 is 0 Å². The fourth-order valence-electron chi connectivity index (χ4n) is 2.64. The lowest BCUT2D eigenvalue weighted by Gasteiger charge is -2.25. The first-order valence-electron chi connectivity index (χ1n) is 8.92. The molecule has 1 fully saturated rings. The minimum atomic E-state index is -0.119. The van der Waals surface area contributed by atoms with Gasteiger partial charge in [-0.3, -0.25) is 0 Å². The van der Waals surface area contributed by atoms with Crippen LogP contribution in [0.15, 0.2) is 24.3 Å². The molecule has 0 unspecified atom stereocenters. The number of benzene rings is 1. The molecule has 0 aliphatic carbocycles. The molecule has 0 spiro atoms. The summed E-state index contributed by atoms with van der Waals surface area (Å²) in [5.74, 6) is 1.15. The van der Waals surface area contributed by atoms with Gasteiger partial charge in [0.25, 0.3) is 0 Å². The normalized spacial score (nSPS) is 17.6. The Labute approximate surface area is 145 Å². The number of nitrogens with zero attached hydrogens (tertiary/aromatic N) is 1. The quantitative estimate of drug-likeness (QED) is 0.815. The Kier molecular flexibility index (Phi) is 7.37. The molecular formula is C19H30N2O3. The summed E-state index contributed by atoms with van der Waals surface area (Å²) in [5, 5.41) is 2.94. The van der Waals surface area contributed by atoms with Gasteiger partial charge in [0.1, 0.15) is 5.75 Å². The summed E-state index contributed by atoms with van der Waals surface area (Å²) in [6.07, 6.45) is 4.65. The Hall–Kier alpha value is -1.75. The first-order chi connectivity index (χ1) is 11.6. The molecule has 1 aliphatic heterocycles. The van der Waals surface area contributed by atoms with Crippen molar-refractivity contribution in [1.82, 2.24) is 4.90 Å². The number of nitrogens with one attached hydrogen (secondary N) is 1. The van der Waals surface area contributed by atoms with E-state index in [1.807, 2.05) is 31.3 Å². The maximum atomic E-state index is 12.4. The summed E-state index contributed by atoms with van der Waals surface area (Å²) in [6.45, 7) is 6.36. The fourth-order valence-corrected chi connectivity index (χ4v) is 2.64. The number of rotatable bonds is 7. The second-order valence-electron chi connectivity index (χ2n) is 6.83. The average molecular weight is 334 g/mol. The first kappa shape index (κ1) is 18.6. The molecule has 0 aromatic heterocycles. The molecule has 24 heavy (non-hydrogen) atoms. The molecule has 0 bridgehead atoms. The van der Waals surface area contributed by atoms with Crippen molar-refractivity contribution < 1.29 is 14.3 Å². The average Bonchev–Trinajstić information content (AvgIpc) is 2.59. The van der Waals surface area contributed by atoms with Crippen molar-refractivity contribution in [2.75, 3.05) is 32.1 Å². The number of amides is 2. The number of anilines is 1. The van der Waals surface area contributed by atoms with Crippen molar-refractivity contribution in [2.45, 2.75) is 45.6 Å². The van der Waals surface area contributed by atoms with E-state index in [9.17, 15) is 4.79 Å². The molecule has 1 aromatic carbocycles. The van der Waals surface area contributed by atoms with Gasteiger partial charge in [-0.1, -0.05) is 26.0 Å². The summed E-state index contributed by atoms with van der Waals surface area (Å²) in [5.41, 5.74) is 0.712. The molecule has 2 rings (SSSR count). The molecule has 134 valence electrons. The van der Waals surface area contributed by atoms with E-state index in [1.165, 1.54) is 6.42 Å². The zero-order valence-electron chi connectivity index (χ0n) is 15.1. The topological polar surface area (TPSA) is 50.8 Å². The third kappa shape index (κ3) is 6.04. The Morgan fingerprint density at radius 3 is 2.88 bits per heavy atom. The van der Waals surface area contributed by atoms with Crippen molar-refractivity contribution in [2.24, 2.45) is 5.92 Å². The second-order valence-corrected chi connectivity index (χ2v) is 6.83. The van der Waals surface area contributed by atoms with Crippen molar-refractivity contribution >= 4 is 11.7 Å². The van der Waals surface area contributed by atoms with Gasteiger partial charge in [0.05, 0.1) is 18.4 Å². The smallest absolute Gasteiger partial charge is 0.321 e. The van der Waals surface area contributed by atoms with Crippen LogP contribution in [-0.2, 0) is 4.74 Å². The summed E-state index contributed by atoms with van der Waals surface area (Å²) < 4.78 is 11.5.